The van der Waals surface area contributed by atoms with Crippen LogP contribution in [0, 0.1) is 17.2 Å². The van der Waals surface area contributed by atoms with E-state index >= 15 is 0 Å². The van der Waals surface area contributed by atoms with Crippen LogP contribution in [0.1, 0.15) is 25.4 Å². The van der Waals surface area contributed by atoms with E-state index in [4.69, 9.17) is 9.68 Å². The Morgan fingerprint density at radius 2 is 2.22 bits per heavy atom. The van der Waals surface area contributed by atoms with E-state index in [-0.39, 0.29) is 0 Å². The van der Waals surface area contributed by atoms with Crippen molar-refractivity contribution in [2.75, 3.05) is 26.7 Å². The van der Waals surface area contributed by atoms with Gasteiger partial charge in [0.25, 0.3) is 0 Å². The molecule has 1 aromatic heterocycles. The summed E-state index contributed by atoms with van der Waals surface area (Å²) in [6, 6.07) is 6.24. The van der Waals surface area contributed by atoms with Crippen LogP contribution in [0.3, 0.4) is 0 Å². The second kappa shape index (κ2) is 5.55. The van der Waals surface area contributed by atoms with Crippen LogP contribution in [0.2, 0.25) is 0 Å². The second-order valence-electron chi connectivity index (χ2n) is 5.42. The number of nitriles is 1. The number of furan rings is 1. The number of hydrogen-bond acceptors (Lipinski definition) is 4. The molecule has 98 valence electrons. The van der Waals surface area contributed by atoms with Crippen LogP contribution < -0.4 is 0 Å². The van der Waals surface area contributed by atoms with E-state index in [1.807, 2.05) is 12.1 Å². The Morgan fingerprint density at radius 1 is 1.44 bits per heavy atom. The Morgan fingerprint density at radius 3 is 2.83 bits per heavy atom. The summed E-state index contributed by atoms with van der Waals surface area (Å²) >= 11 is 0. The van der Waals surface area contributed by atoms with Gasteiger partial charge in [0.05, 0.1) is 6.54 Å². The van der Waals surface area contributed by atoms with Crippen LogP contribution in [-0.4, -0.2) is 42.5 Å². The third kappa shape index (κ3) is 2.92. The molecule has 4 nitrogen and oxygen atoms in total. The van der Waals surface area contributed by atoms with Crippen molar-refractivity contribution in [1.82, 2.24) is 9.80 Å². The van der Waals surface area contributed by atoms with Crippen molar-refractivity contribution < 1.29 is 4.42 Å². The zero-order chi connectivity index (χ0) is 13.1. The van der Waals surface area contributed by atoms with Crippen LogP contribution in [0.25, 0.3) is 0 Å². The lowest BCUT2D eigenvalue weighted by Gasteiger charge is -2.41. The molecule has 1 fully saturated rings. The highest BCUT2D eigenvalue weighted by molar-refractivity contribution is 5.19. The predicted octanol–water partition coefficient (Wildman–Crippen LogP) is 1.92. The summed E-state index contributed by atoms with van der Waals surface area (Å²) in [5.41, 5.74) is 0. The smallest absolute Gasteiger partial charge is 0.203 e. The molecule has 1 aromatic rings. The fourth-order valence-corrected chi connectivity index (χ4v) is 2.54. The first-order valence-corrected chi connectivity index (χ1v) is 6.51. The average Bonchev–Trinajstić information content (AvgIpc) is 2.79. The molecule has 1 saturated heterocycles. The Hall–Kier alpha value is -1.31. The Kier molecular flexibility index (Phi) is 4.05. The minimum Gasteiger partial charge on any atom is -0.449 e. The zero-order valence-corrected chi connectivity index (χ0v) is 11.4. The number of nitrogens with zero attached hydrogens (tertiary/aromatic N) is 3. The van der Waals surface area contributed by atoms with Crippen molar-refractivity contribution >= 4 is 0 Å². The van der Waals surface area contributed by atoms with E-state index < -0.39 is 0 Å². The molecule has 0 aromatic carbocycles. The van der Waals surface area contributed by atoms with Gasteiger partial charge in [0, 0.05) is 25.7 Å². The third-order valence-electron chi connectivity index (χ3n) is 3.64. The maximum Gasteiger partial charge on any atom is 0.203 e. The van der Waals surface area contributed by atoms with Gasteiger partial charge in [-0.2, -0.15) is 5.26 Å². The average molecular weight is 247 g/mol. The molecule has 18 heavy (non-hydrogen) atoms. The summed E-state index contributed by atoms with van der Waals surface area (Å²) in [7, 11) is 2.17. The normalized spacial score (nSPS) is 22.3. The molecule has 0 aliphatic carbocycles. The van der Waals surface area contributed by atoms with E-state index in [9.17, 15) is 0 Å². The van der Waals surface area contributed by atoms with Gasteiger partial charge < -0.3 is 9.32 Å². The van der Waals surface area contributed by atoms with Crippen LogP contribution >= 0.6 is 0 Å². The molecule has 0 N–H and O–H groups in total. The summed E-state index contributed by atoms with van der Waals surface area (Å²) in [6.07, 6.45) is 0. The molecule has 1 aliphatic rings. The number of likely N-dealkylation sites (N-methyl/N-ethyl adjacent to an activating group) is 1. The van der Waals surface area contributed by atoms with Gasteiger partial charge in [-0.05, 0) is 25.1 Å². The lowest BCUT2D eigenvalue weighted by molar-refractivity contribution is 0.0519. The molecule has 0 unspecified atom stereocenters. The Bertz CT molecular complexity index is 432. The lowest BCUT2D eigenvalue weighted by atomic mass is 9.99. The van der Waals surface area contributed by atoms with Crippen molar-refractivity contribution in [1.29, 1.82) is 5.26 Å². The molecule has 1 aliphatic heterocycles. The van der Waals surface area contributed by atoms with Gasteiger partial charge in [-0.15, -0.1) is 0 Å². The molecule has 0 bridgehead atoms. The first-order chi connectivity index (χ1) is 8.60. The third-order valence-corrected chi connectivity index (χ3v) is 3.64. The molecule has 2 rings (SSSR count). The molecule has 0 saturated carbocycles. The quantitative estimate of drug-likeness (QED) is 0.818. The maximum atomic E-state index is 8.77. The van der Waals surface area contributed by atoms with Gasteiger partial charge >= 0.3 is 0 Å². The molecule has 1 atom stereocenters. The predicted molar refractivity (Wildman–Crippen MR) is 70.0 cm³/mol. The number of piperazine rings is 1. The fraction of sp³-hybridized carbons (Fsp3) is 0.643. The standard InChI is InChI=1S/C14H21N3O/c1-11(2)14-10-16(3)6-7-17(14)9-13-5-4-12(8-15)18-13/h4-5,11,14H,6-7,9-10H2,1-3H3/t14-/m0/s1. The fourth-order valence-electron chi connectivity index (χ4n) is 2.54. The van der Waals surface area contributed by atoms with Crippen molar-refractivity contribution in [3.8, 4) is 6.07 Å². The van der Waals surface area contributed by atoms with Crippen LogP contribution in [0.5, 0.6) is 0 Å². The molecule has 0 spiro atoms. The highest BCUT2D eigenvalue weighted by atomic mass is 16.3. The maximum absolute atomic E-state index is 8.77. The van der Waals surface area contributed by atoms with Crippen molar-refractivity contribution in [3.63, 3.8) is 0 Å². The van der Waals surface area contributed by atoms with E-state index in [2.05, 4.69) is 30.7 Å². The molecular weight excluding hydrogens is 226 g/mol. The van der Waals surface area contributed by atoms with Crippen molar-refractivity contribution in [2.45, 2.75) is 26.4 Å². The van der Waals surface area contributed by atoms with Crippen LogP contribution in [0.15, 0.2) is 16.5 Å². The highest BCUT2D eigenvalue weighted by Crippen LogP contribution is 2.20. The largest absolute Gasteiger partial charge is 0.449 e. The van der Waals surface area contributed by atoms with Gasteiger partial charge in [-0.25, -0.2) is 0 Å². The Labute approximate surface area is 109 Å². The van der Waals surface area contributed by atoms with E-state index in [1.165, 1.54) is 0 Å². The van der Waals surface area contributed by atoms with Gasteiger partial charge in [-0.1, -0.05) is 13.8 Å². The molecule has 0 amide bonds. The molecule has 4 heteroatoms. The SMILES string of the molecule is CC(C)[C@@H]1CN(C)CCN1Cc1ccc(C#N)o1. The summed E-state index contributed by atoms with van der Waals surface area (Å²) < 4.78 is 5.47. The molecule has 0 radical (unpaired) electrons. The van der Waals surface area contributed by atoms with Gasteiger partial charge in [0.1, 0.15) is 11.8 Å². The lowest BCUT2D eigenvalue weighted by Crippen LogP contribution is -2.53. The van der Waals surface area contributed by atoms with Gasteiger partial charge in [0.2, 0.25) is 5.76 Å². The van der Waals surface area contributed by atoms with Crippen LogP contribution in [0.4, 0.5) is 0 Å². The van der Waals surface area contributed by atoms with Gasteiger partial charge in [0.15, 0.2) is 0 Å². The van der Waals surface area contributed by atoms with E-state index in [1.54, 1.807) is 6.07 Å². The monoisotopic (exact) mass is 247 g/mol. The minimum atomic E-state index is 0.403. The van der Waals surface area contributed by atoms with Crippen molar-refractivity contribution in [3.05, 3.63) is 23.7 Å². The van der Waals surface area contributed by atoms with E-state index in [0.717, 1.165) is 31.9 Å². The van der Waals surface area contributed by atoms with E-state index in [0.29, 0.717) is 17.7 Å². The second-order valence-corrected chi connectivity index (χ2v) is 5.42. The minimum absolute atomic E-state index is 0.403. The first kappa shape index (κ1) is 13.1. The first-order valence-electron chi connectivity index (χ1n) is 6.51. The van der Waals surface area contributed by atoms with Gasteiger partial charge in [-0.3, -0.25) is 4.90 Å². The number of hydrogen-bond donors (Lipinski definition) is 0. The summed E-state index contributed by atoms with van der Waals surface area (Å²) in [5, 5.41) is 8.77. The summed E-state index contributed by atoms with van der Waals surface area (Å²) in [4.78, 5) is 4.84. The van der Waals surface area contributed by atoms with Crippen molar-refractivity contribution in [2.24, 2.45) is 5.92 Å². The molecule has 2 heterocycles. The highest BCUT2D eigenvalue weighted by Gasteiger charge is 2.28. The number of rotatable bonds is 3. The topological polar surface area (TPSA) is 43.4 Å². The summed E-state index contributed by atoms with van der Waals surface area (Å²) in [5.74, 6) is 1.92. The Balaban J connectivity index is 2.04. The summed E-state index contributed by atoms with van der Waals surface area (Å²) in [6.45, 7) is 8.58. The van der Waals surface area contributed by atoms with Crippen LogP contribution in [-0.2, 0) is 6.54 Å². The molecular formula is C14H21N3O. The zero-order valence-electron chi connectivity index (χ0n) is 11.4.